The fraction of sp³-hybridized carbons (Fsp3) is 0.565. The van der Waals surface area contributed by atoms with Crippen molar-refractivity contribution in [3.05, 3.63) is 29.8 Å². The fourth-order valence-corrected chi connectivity index (χ4v) is 3.44. The Labute approximate surface area is 192 Å². The van der Waals surface area contributed by atoms with E-state index in [1.54, 1.807) is 12.1 Å². The quantitative estimate of drug-likeness (QED) is 0.395. The standard InChI is InChI=1S/C23H30O10/c1-6-7-17-8-10-18(11-9-17)32-23-22(31-16(5)27)21(30-15(4)26)20(29-14(3)25)19(33-23)12-28-13(2)24/h8-11,19-23H,6-7,12H2,1-5H3/t19-,20+,21+,22-,23+/m0/s1. The van der Waals surface area contributed by atoms with E-state index in [0.717, 1.165) is 32.3 Å². The van der Waals surface area contributed by atoms with E-state index in [2.05, 4.69) is 6.92 Å². The van der Waals surface area contributed by atoms with E-state index in [0.29, 0.717) is 5.75 Å². The topological polar surface area (TPSA) is 124 Å². The van der Waals surface area contributed by atoms with Crippen LogP contribution in [0.25, 0.3) is 0 Å². The summed E-state index contributed by atoms with van der Waals surface area (Å²) >= 11 is 0. The minimum Gasteiger partial charge on any atom is -0.463 e. The van der Waals surface area contributed by atoms with Gasteiger partial charge in [-0.25, -0.2) is 0 Å². The van der Waals surface area contributed by atoms with Crippen LogP contribution in [-0.4, -0.2) is 61.2 Å². The van der Waals surface area contributed by atoms with Crippen molar-refractivity contribution in [2.24, 2.45) is 0 Å². The van der Waals surface area contributed by atoms with Crippen molar-refractivity contribution in [1.82, 2.24) is 0 Å². The van der Waals surface area contributed by atoms with Gasteiger partial charge in [0.2, 0.25) is 12.4 Å². The van der Waals surface area contributed by atoms with E-state index in [1.807, 2.05) is 12.1 Å². The Hall–Kier alpha value is -3.14. The smallest absolute Gasteiger partial charge is 0.303 e. The summed E-state index contributed by atoms with van der Waals surface area (Å²) in [5.74, 6) is -2.26. The lowest BCUT2D eigenvalue weighted by atomic mass is 9.98. The summed E-state index contributed by atoms with van der Waals surface area (Å²) in [4.78, 5) is 46.8. The molecule has 0 amide bonds. The minimum absolute atomic E-state index is 0.312. The second kappa shape index (κ2) is 12.2. The molecule has 0 N–H and O–H groups in total. The van der Waals surface area contributed by atoms with Gasteiger partial charge in [-0.05, 0) is 24.1 Å². The normalized spacial score (nSPS) is 24.3. The van der Waals surface area contributed by atoms with Gasteiger partial charge in [0.1, 0.15) is 18.5 Å². The Bertz CT molecular complexity index is 834. The number of esters is 4. The summed E-state index contributed by atoms with van der Waals surface area (Å²) < 4.78 is 33.0. The summed E-state index contributed by atoms with van der Waals surface area (Å²) in [6.07, 6.45) is -4.17. The predicted octanol–water partition coefficient (Wildman–Crippen LogP) is 2.10. The third-order valence-corrected chi connectivity index (χ3v) is 4.66. The molecule has 5 atom stereocenters. The van der Waals surface area contributed by atoms with E-state index < -0.39 is 54.6 Å². The van der Waals surface area contributed by atoms with Gasteiger partial charge in [0, 0.05) is 27.7 Å². The molecule has 1 aromatic carbocycles. The van der Waals surface area contributed by atoms with Crippen LogP contribution in [0.5, 0.6) is 5.75 Å². The lowest BCUT2D eigenvalue weighted by Gasteiger charge is -2.43. The predicted molar refractivity (Wildman–Crippen MR) is 113 cm³/mol. The minimum atomic E-state index is -1.27. The maximum absolute atomic E-state index is 11.8. The summed E-state index contributed by atoms with van der Waals surface area (Å²) in [5, 5.41) is 0. The molecule has 0 aliphatic carbocycles. The Balaban J connectivity index is 2.40. The Kier molecular flexibility index (Phi) is 9.65. The first kappa shape index (κ1) is 26.1. The van der Waals surface area contributed by atoms with Crippen molar-refractivity contribution in [3.8, 4) is 5.75 Å². The van der Waals surface area contributed by atoms with Gasteiger partial charge in [-0.15, -0.1) is 0 Å². The van der Waals surface area contributed by atoms with Crippen LogP contribution in [0.2, 0.25) is 0 Å². The third-order valence-electron chi connectivity index (χ3n) is 4.66. The summed E-state index contributed by atoms with van der Waals surface area (Å²) in [6.45, 7) is 6.46. The molecule has 0 radical (unpaired) electrons. The van der Waals surface area contributed by atoms with Crippen molar-refractivity contribution >= 4 is 23.9 Å². The number of rotatable bonds is 9. The first-order valence-corrected chi connectivity index (χ1v) is 10.7. The number of carbonyl (C=O) groups excluding carboxylic acids is 4. The molecule has 0 spiro atoms. The molecule has 1 aliphatic heterocycles. The first-order chi connectivity index (χ1) is 15.6. The molecule has 182 valence electrons. The van der Waals surface area contributed by atoms with Gasteiger partial charge < -0.3 is 28.4 Å². The molecule has 2 rings (SSSR count). The summed E-state index contributed by atoms with van der Waals surface area (Å²) in [7, 11) is 0. The van der Waals surface area contributed by atoms with Gasteiger partial charge in [0.05, 0.1) is 0 Å². The third kappa shape index (κ3) is 8.05. The molecule has 1 heterocycles. The zero-order valence-electron chi connectivity index (χ0n) is 19.4. The molecule has 1 aliphatic rings. The lowest BCUT2D eigenvalue weighted by Crippen LogP contribution is -2.63. The van der Waals surface area contributed by atoms with Gasteiger partial charge in [-0.2, -0.15) is 0 Å². The molecule has 10 nitrogen and oxygen atoms in total. The summed E-state index contributed by atoms with van der Waals surface area (Å²) in [6, 6.07) is 7.26. The highest BCUT2D eigenvalue weighted by Gasteiger charge is 2.53. The van der Waals surface area contributed by atoms with E-state index in [9.17, 15) is 19.2 Å². The molecule has 0 saturated carbocycles. The van der Waals surface area contributed by atoms with Gasteiger partial charge >= 0.3 is 23.9 Å². The zero-order chi connectivity index (χ0) is 24.5. The molecule has 1 saturated heterocycles. The highest BCUT2D eigenvalue weighted by molar-refractivity contribution is 5.68. The van der Waals surface area contributed by atoms with Crippen LogP contribution >= 0.6 is 0 Å². The second-order valence-corrected chi connectivity index (χ2v) is 7.58. The van der Waals surface area contributed by atoms with Crippen molar-refractivity contribution in [1.29, 1.82) is 0 Å². The van der Waals surface area contributed by atoms with Crippen LogP contribution < -0.4 is 4.74 Å². The van der Waals surface area contributed by atoms with Crippen molar-refractivity contribution in [2.45, 2.75) is 78.2 Å². The maximum atomic E-state index is 11.8. The van der Waals surface area contributed by atoms with Gasteiger partial charge in [0.25, 0.3) is 0 Å². The van der Waals surface area contributed by atoms with E-state index in [1.165, 1.54) is 13.8 Å². The first-order valence-electron chi connectivity index (χ1n) is 10.7. The largest absolute Gasteiger partial charge is 0.463 e. The number of ether oxygens (including phenoxy) is 6. The summed E-state index contributed by atoms with van der Waals surface area (Å²) in [5.41, 5.74) is 1.12. The molecule has 0 unspecified atom stereocenters. The van der Waals surface area contributed by atoms with Crippen LogP contribution in [0.1, 0.15) is 46.6 Å². The molecule has 1 fully saturated rings. The Morgan fingerprint density at radius 2 is 1.33 bits per heavy atom. The van der Waals surface area contributed by atoms with Gasteiger partial charge in [-0.1, -0.05) is 25.5 Å². The van der Waals surface area contributed by atoms with Gasteiger partial charge in [-0.3, -0.25) is 19.2 Å². The number of aryl methyl sites for hydroxylation is 1. The van der Waals surface area contributed by atoms with Crippen molar-refractivity contribution < 1.29 is 47.6 Å². The molecule has 10 heteroatoms. The van der Waals surface area contributed by atoms with Gasteiger partial charge in [0.15, 0.2) is 12.2 Å². The van der Waals surface area contributed by atoms with Crippen LogP contribution in [0.15, 0.2) is 24.3 Å². The Morgan fingerprint density at radius 3 is 1.85 bits per heavy atom. The Morgan fingerprint density at radius 1 is 0.788 bits per heavy atom. The fourth-order valence-electron chi connectivity index (χ4n) is 3.44. The van der Waals surface area contributed by atoms with Crippen LogP contribution in [0, 0.1) is 0 Å². The number of carbonyl (C=O) groups is 4. The molecule has 0 bridgehead atoms. The molecule has 1 aromatic rings. The number of benzene rings is 1. The molecule has 33 heavy (non-hydrogen) atoms. The number of hydrogen-bond donors (Lipinski definition) is 0. The van der Waals surface area contributed by atoms with E-state index in [4.69, 9.17) is 28.4 Å². The highest BCUT2D eigenvalue weighted by Crippen LogP contribution is 2.31. The average molecular weight is 466 g/mol. The highest BCUT2D eigenvalue weighted by atomic mass is 16.7. The SMILES string of the molecule is CCCc1ccc(O[C@@H]2O[C@@H](COC(C)=O)[C@@H](OC(C)=O)[C@@H](OC(C)=O)[C@@H]2OC(C)=O)cc1. The van der Waals surface area contributed by atoms with E-state index in [-0.39, 0.29) is 6.61 Å². The zero-order valence-corrected chi connectivity index (χ0v) is 19.4. The molecular weight excluding hydrogens is 436 g/mol. The maximum Gasteiger partial charge on any atom is 0.303 e. The van der Waals surface area contributed by atoms with Crippen LogP contribution in [0.3, 0.4) is 0 Å². The van der Waals surface area contributed by atoms with Crippen molar-refractivity contribution in [3.63, 3.8) is 0 Å². The van der Waals surface area contributed by atoms with E-state index >= 15 is 0 Å². The van der Waals surface area contributed by atoms with Crippen LogP contribution in [-0.2, 0) is 49.3 Å². The molecule has 0 aromatic heterocycles. The number of hydrogen-bond acceptors (Lipinski definition) is 10. The lowest BCUT2D eigenvalue weighted by molar-refractivity contribution is -0.288. The second-order valence-electron chi connectivity index (χ2n) is 7.58. The van der Waals surface area contributed by atoms with Crippen LogP contribution in [0.4, 0.5) is 0 Å². The van der Waals surface area contributed by atoms with Crippen molar-refractivity contribution in [2.75, 3.05) is 6.61 Å². The average Bonchev–Trinajstić information content (AvgIpc) is 2.71. The molecular formula is C23H30O10. The monoisotopic (exact) mass is 466 g/mol.